The fourth-order valence-electron chi connectivity index (χ4n) is 4.79. The molecule has 0 saturated carbocycles. The molecule has 0 atom stereocenters. The Balaban J connectivity index is 1.74. The number of methoxy groups -OCH3 is 1. The van der Waals surface area contributed by atoms with Crippen LogP contribution in [0.3, 0.4) is 0 Å². The average molecular weight is 508 g/mol. The van der Waals surface area contributed by atoms with E-state index >= 15 is 0 Å². The largest absolute Gasteiger partial charge is 0.494 e. The Labute approximate surface area is 219 Å². The number of aromatic nitrogens is 4. The molecule has 0 spiro atoms. The Hall–Kier alpha value is -4.77. The third-order valence-electron chi connectivity index (χ3n) is 6.67. The van der Waals surface area contributed by atoms with Crippen LogP contribution in [0.25, 0.3) is 22.6 Å². The van der Waals surface area contributed by atoms with E-state index in [4.69, 9.17) is 4.74 Å². The minimum atomic E-state index is -0.589. The maximum Gasteiger partial charge on any atom is 0.263 e. The molecule has 5 aromatic rings. The topological polar surface area (TPSA) is 85.2 Å². The summed E-state index contributed by atoms with van der Waals surface area (Å²) < 4.78 is 22.7. The van der Waals surface area contributed by atoms with Crippen molar-refractivity contribution in [1.82, 2.24) is 19.2 Å². The van der Waals surface area contributed by atoms with Crippen LogP contribution in [0.4, 0.5) is 4.39 Å². The molecule has 2 heterocycles. The lowest BCUT2D eigenvalue weighted by Gasteiger charge is -2.17. The highest BCUT2D eigenvalue weighted by atomic mass is 19.1. The van der Waals surface area contributed by atoms with Crippen LogP contribution in [0.15, 0.2) is 77.9 Å². The minimum absolute atomic E-state index is 0.0791. The Morgan fingerprint density at radius 2 is 1.89 bits per heavy atom. The van der Waals surface area contributed by atoms with Crippen molar-refractivity contribution in [3.8, 4) is 28.6 Å². The molecule has 0 unspecified atom stereocenters. The van der Waals surface area contributed by atoms with Crippen molar-refractivity contribution in [3.63, 3.8) is 0 Å². The highest BCUT2D eigenvalue weighted by Gasteiger charge is 2.22. The molecule has 0 aliphatic carbocycles. The predicted molar refractivity (Wildman–Crippen MR) is 143 cm³/mol. The maximum absolute atomic E-state index is 14.7. The minimum Gasteiger partial charge on any atom is -0.494 e. The number of ether oxygens (including phenoxy) is 1. The van der Waals surface area contributed by atoms with E-state index in [1.54, 1.807) is 10.6 Å². The van der Waals surface area contributed by atoms with Crippen LogP contribution in [0.5, 0.6) is 5.75 Å². The first-order valence-electron chi connectivity index (χ1n) is 12.4. The van der Waals surface area contributed by atoms with E-state index in [2.05, 4.69) is 23.1 Å². The summed E-state index contributed by atoms with van der Waals surface area (Å²) in [4.78, 5) is 18.5. The number of hydrogen-bond donors (Lipinski definition) is 0. The number of fused-ring (bicyclic) bond motifs is 1. The number of nitriles is 1. The van der Waals surface area contributed by atoms with E-state index in [1.807, 2.05) is 48.5 Å². The lowest BCUT2D eigenvalue weighted by Crippen LogP contribution is -2.29. The zero-order chi connectivity index (χ0) is 26.6. The van der Waals surface area contributed by atoms with Gasteiger partial charge in [-0.25, -0.2) is 13.5 Å². The van der Waals surface area contributed by atoms with E-state index in [1.165, 1.54) is 30.1 Å². The van der Waals surface area contributed by atoms with Gasteiger partial charge in [0.05, 0.1) is 24.1 Å². The third-order valence-corrected chi connectivity index (χ3v) is 6.67. The van der Waals surface area contributed by atoms with Gasteiger partial charge in [0.2, 0.25) is 5.78 Å². The van der Waals surface area contributed by atoms with Crippen LogP contribution >= 0.6 is 0 Å². The molecular weight excluding hydrogens is 481 g/mol. The summed E-state index contributed by atoms with van der Waals surface area (Å²) in [6.45, 7) is 2.08. The molecule has 7 nitrogen and oxygen atoms in total. The molecule has 3 aromatic carbocycles. The second-order valence-corrected chi connectivity index (χ2v) is 8.95. The van der Waals surface area contributed by atoms with E-state index < -0.39 is 5.82 Å². The second-order valence-electron chi connectivity index (χ2n) is 8.95. The Morgan fingerprint density at radius 3 is 2.61 bits per heavy atom. The highest BCUT2D eigenvalue weighted by Crippen LogP contribution is 2.28. The van der Waals surface area contributed by atoms with Crippen molar-refractivity contribution in [2.24, 2.45) is 0 Å². The van der Waals surface area contributed by atoms with Gasteiger partial charge in [-0.3, -0.25) is 4.79 Å². The number of unbranched alkanes of at least 4 members (excludes halogenated alkanes) is 1. The van der Waals surface area contributed by atoms with Crippen molar-refractivity contribution in [1.29, 1.82) is 5.26 Å². The molecule has 0 aliphatic heterocycles. The lowest BCUT2D eigenvalue weighted by molar-refractivity contribution is 0.386. The molecule has 8 heteroatoms. The molecule has 0 bridgehead atoms. The first-order valence-corrected chi connectivity index (χ1v) is 12.4. The number of hydrogen-bond acceptors (Lipinski definition) is 5. The maximum atomic E-state index is 14.7. The molecule has 0 aliphatic rings. The fourth-order valence-corrected chi connectivity index (χ4v) is 4.79. The van der Waals surface area contributed by atoms with E-state index in [-0.39, 0.29) is 17.7 Å². The molecule has 190 valence electrons. The van der Waals surface area contributed by atoms with Crippen molar-refractivity contribution in [3.05, 3.63) is 112 Å². The smallest absolute Gasteiger partial charge is 0.263 e. The molecule has 2 aromatic heterocycles. The van der Waals surface area contributed by atoms with Gasteiger partial charge in [0.25, 0.3) is 5.56 Å². The van der Waals surface area contributed by atoms with Crippen LogP contribution in [0.2, 0.25) is 0 Å². The van der Waals surface area contributed by atoms with E-state index in [9.17, 15) is 14.4 Å². The monoisotopic (exact) mass is 507 g/mol. The van der Waals surface area contributed by atoms with Gasteiger partial charge in [0.15, 0.2) is 11.6 Å². The second kappa shape index (κ2) is 10.7. The average Bonchev–Trinajstić information content (AvgIpc) is 3.42. The molecule has 0 amide bonds. The Bertz CT molecular complexity index is 1720. The van der Waals surface area contributed by atoms with Crippen molar-refractivity contribution in [2.45, 2.75) is 32.6 Å². The van der Waals surface area contributed by atoms with Crippen molar-refractivity contribution in [2.75, 3.05) is 7.11 Å². The number of halogens is 1. The number of benzene rings is 3. The van der Waals surface area contributed by atoms with Gasteiger partial charge in [-0.2, -0.15) is 15.3 Å². The van der Waals surface area contributed by atoms with Crippen molar-refractivity contribution >= 4 is 5.78 Å². The SMILES string of the molecule is CCCCc1c(Cc2cccc(-c3ccccc3)c2C#N)c(=O)n(-c2ccc(OC)c(F)c2)c2ncnn12. The molecular formula is C30H26FN5O2. The summed E-state index contributed by atoms with van der Waals surface area (Å²) in [6.07, 6.45) is 3.99. The van der Waals surface area contributed by atoms with Crippen LogP contribution in [-0.4, -0.2) is 26.3 Å². The number of nitrogens with zero attached hydrogens (tertiary/aromatic N) is 5. The van der Waals surface area contributed by atoms with Crippen LogP contribution in [-0.2, 0) is 12.8 Å². The summed E-state index contributed by atoms with van der Waals surface area (Å²) in [5.74, 6) is -0.211. The quantitative estimate of drug-likeness (QED) is 0.277. The summed E-state index contributed by atoms with van der Waals surface area (Å²) in [5.41, 5.74) is 4.20. The third kappa shape index (κ3) is 4.43. The highest BCUT2D eigenvalue weighted by molar-refractivity contribution is 5.72. The molecule has 38 heavy (non-hydrogen) atoms. The van der Waals surface area contributed by atoms with Crippen LogP contribution in [0.1, 0.15) is 42.1 Å². The predicted octanol–water partition coefficient (Wildman–Crippen LogP) is 5.50. The van der Waals surface area contributed by atoms with E-state index in [0.29, 0.717) is 29.0 Å². The Morgan fingerprint density at radius 1 is 1.08 bits per heavy atom. The van der Waals surface area contributed by atoms with Crippen LogP contribution < -0.4 is 10.3 Å². The van der Waals surface area contributed by atoms with Crippen LogP contribution in [0, 0.1) is 17.1 Å². The van der Waals surface area contributed by atoms with Gasteiger partial charge in [-0.05, 0) is 41.7 Å². The van der Waals surface area contributed by atoms with Gasteiger partial charge in [-0.15, -0.1) is 0 Å². The number of rotatable bonds is 8. The first-order chi connectivity index (χ1) is 18.6. The van der Waals surface area contributed by atoms with Gasteiger partial charge in [-0.1, -0.05) is 61.9 Å². The fraction of sp³-hybridized carbons (Fsp3) is 0.200. The summed E-state index contributed by atoms with van der Waals surface area (Å²) in [7, 11) is 1.39. The molecule has 0 N–H and O–H groups in total. The lowest BCUT2D eigenvalue weighted by atomic mass is 9.92. The molecule has 5 rings (SSSR count). The first kappa shape index (κ1) is 24.9. The zero-order valence-corrected chi connectivity index (χ0v) is 21.2. The summed E-state index contributed by atoms with van der Waals surface area (Å²) in [5, 5.41) is 14.6. The standard InChI is InChI=1S/C30H26FN5O2/c1-3-4-13-27-24(16-21-11-8-12-23(25(21)18-32)20-9-6-5-7-10-20)29(37)35(30-33-19-34-36(27)30)22-14-15-28(38-2)26(31)17-22/h5-12,14-15,17,19H,3-4,13,16H2,1-2H3. The molecule has 0 saturated heterocycles. The zero-order valence-electron chi connectivity index (χ0n) is 21.2. The van der Waals surface area contributed by atoms with Gasteiger partial charge < -0.3 is 4.74 Å². The van der Waals surface area contributed by atoms with Crippen molar-refractivity contribution < 1.29 is 9.13 Å². The summed E-state index contributed by atoms with van der Waals surface area (Å²) >= 11 is 0. The molecule has 0 radical (unpaired) electrons. The van der Waals surface area contributed by atoms with Gasteiger partial charge in [0.1, 0.15) is 12.4 Å². The summed E-state index contributed by atoms with van der Waals surface area (Å²) in [6, 6.07) is 22.1. The Kier molecular flexibility index (Phi) is 7.00. The normalized spacial score (nSPS) is 11.0. The van der Waals surface area contributed by atoms with E-state index in [0.717, 1.165) is 35.2 Å². The number of aryl methyl sites for hydroxylation is 1. The van der Waals surface area contributed by atoms with Gasteiger partial charge in [0, 0.05) is 18.1 Å². The molecule has 0 fully saturated rings. The van der Waals surface area contributed by atoms with Gasteiger partial charge >= 0.3 is 0 Å².